The molecule has 3 rings (SSSR count). The maximum Gasteiger partial charge on any atom is 0.255 e. The molecular weight excluding hydrogens is 322 g/mol. The zero-order valence-corrected chi connectivity index (χ0v) is 15.4. The summed E-state index contributed by atoms with van der Waals surface area (Å²) < 4.78 is 10.8. The van der Waals surface area contributed by atoms with E-state index in [1.54, 1.807) is 25.6 Å². The van der Waals surface area contributed by atoms with Crippen LogP contribution in [0.1, 0.15) is 38.5 Å². The molecule has 1 fully saturated rings. The van der Waals surface area contributed by atoms with Crippen LogP contribution >= 0.6 is 11.3 Å². The lowest BCUT2D eigenvalue weighted by molar-refractivity contribution is 0.0728. The van der Waals surface area contributed by atoms with Crippen LogP contribution in [0.2, 0.25) is 0 Å². The first kappa shape index (κ1) is 16.8. The predicted molar refractivity (Wildman–Crippen MR) is 96.2 cm³/mol. The van der Waals surface area contributed by atoms with Crippen LogP contribution in [-0.4, -0.2) is 31.1 Å². The number of thiophene rings is 1. The Morgan fingerprint density at radius 3 is 2.50 bits per heavy atom. The number of carbonyl (C=O) groups excluding carboxylic acids is 1. The van der Waals surface area contributed by atoms with Crippen molar-refractivity contribution in [1.29, 1.82) is 0 Å². The number of hydrogen-bond donors (Lipinski definition) is 0. The zero-order chi connectivity index (χ0) is 17.3. The predicted octanol–water partition coefficient (Wildman–Crippen LogP) is 4.19. The third-order valence-corrected chi connectivity index (χ3v) is 5.31. The standard InChI is InChI=1S/C19H23NO3S/c1-12-9-17(13(2)24-12)19(21)20(15-5-6-15)11-14-10-16(22-3)7-8-18(14)23-4/h7-10,15H,5-6,11H2,1-4H3. The highest BCUT2D eigenvalue weighted by molar-refractivity contribution is 7.12. The molecule has 1 aliphatic carbocycles. The van der Waals surface area contributed by atoms with Gasteiger partial charge < -0.3 is 14.4 Å². The lowest BCUT2D eigenvalue weighted by Gasteiger charge is -2.24. The smallest absolute Gasteiger partial charge is 0.255 e. The second-order valence-electron chi connectivity index (χ2n) is 6.17. The van der Waals surface area contributed by atoms with Crippen molar-refractivity contribution in [3.63, 3.8) is 0 Å². The largest absolute Gasteiger partial charge is 0.497 e. The van der Waals surface area contributed by atoms with Crippen molar-refractivity contribution in [2.45, 2.75) is 39.3 Å². The zero-order valence-electron chi connectivity index (χ0n) is 14.6. The number of nitrogens with zero attached hydrogens (tertiary/aromatic N) is 1. The van der Waals surface area contributed by atoms with Crippen LogP contribution in [0.5, 0.6) is 11.5 Å². The van der Waals surface area contributed by atoms with Gasteiger partial charge >= 0.3 is 0 Å². The maximum atomic E-state index is 13.1. The summed E-state index contributed by atoms with van der Waals surface area (Å²) >= 11 is 1.67. The Balaban J connectivity index is 1.90. The third-order valence-electron chi connectivity index (χ3n) is 4.35. The molecular formula is C19H23NO3S. The van der Waals surface area contributed by atoms with Crippen LogP contribution in [0.4, 0.5) is 0 Å². The molecule has 0 bridgehead atoms. The topological polar surface area (TPSA) is 38.8 Å². The summed E-state index contributed by atoms with van der Waals surface area (Å²) in [5, 5.41) is 0. The van der Waals surface area contributed by atoms with Gasteiger partial charge in [0.1, 0.15) is 11.5 Å². The molecule has 0 saturated heterocycles. The molecule has 1 aromatic carbocycles. The van der Waals surface area contributed by atoms with Crippen molar-refractivity contribution in [3.05, 3.63) is 45.1 Å². The summed E-state index contributed by atoms with van der Waals surface area (Å²) in [5.74, 6) is 1.67. The van der Waals surface area contributed by atoms with Gasteiger partial charge in [-0.2, -0.15) is 0 Å². The Morgan fingerprint density at radius 2 is 1.96 bits per heavy atom. The minimum absolute atomic E-state index is 0.115. The Hall–Kier alpha value is -2.01. The van der Waals surface area contributed by atoms with Crippen molar-refractivity contribution < 1.29 is 14.3 Å². The van der Waals surface area contributed by atoms with E-state index in [-0.39, 0.29) is 5.91 Å². The Labute approximate surface area is 147 Å². The van der Waals surface area contributed by atoms with Crippen LogP contribution in [0.25, 0.3) is 0 Å². The lowest BCUT2D eigenvalue weighted by atomic mass is 10.1. The van der Waals surface area contributed by atoms with E-state index in [1.807, 2.05) is 43.0 Å². The molecule has 1 amide bonds. The Kier molecular flexibility index (Phi) is 4.81. The van der Waals surface area contributed by atoms with Gasteiger partial charge in [0.2, 0.25) is 0 Å². The summed E-state index contributed by atoms with van der Waals surface area (Å²) in [7, 11) is 3.30. The SMILES string of the molecule is COc1ccc(OC)c(CN(C(=O)c2cc(C)sc2C)C2CC2)c1. The van der Waals surface area contributed by atoms with Crippen LogP contribution in [-0.2, 0) is 6.54 Å². The van der Waals surface area contributed by atoms with E-state index < -0.39 is 0 Å². The fraction of sp³-hybridized carbons (Fsp3) is 0.421. The molecule has 2 aromatic rings. The van der Waals surface area contributed by atoms with Gasteiger partial charge in [-0.3, -0.25) is 4.79 Å². The third kappa shape index (κ3) is 3.41. The van der Waals surface area contributed by atoms with E-state index in [0.29, 0.717) is 12.6 Å². The molecule has 0 N–H and O–H groups in total. The molecule has 1 heterocycles. The molecule has 0 atom stereocenters. The average Bonchev–Trinajstić information content (AvgIpc) is 3.36. The molecule has 1 aliphatic rings. The van der Waals surface area contributed by atoms with E-state index in [0.717, 1.165) is 40.3 Å². The number of amides is 1. The van der Waals surface area contributed by atoms with Gasteiger partial charge in [-0.05, 0) is 51.0 Å². The van der Waals surface area contributed by atoms with E-state index in [1.165, 1.54) is 4.88 Å². The summed E-state index contributed by atoms with van der Waals surface area (Å²) in [5.41, 5.74) is 1.80. The van der Waals surface area contributed by atoms with Gasteiger partial charge in [0.05, 0.1) is 26.3 Å². The van der Waals surface area contributed by atoms with Crippen molar-refractivity contribution >= 4 is 17.2 Å². The van der Waals surface area contributed by atoms with E-state index >= 15 is 0 Å². The molecule has 1 saturated carbocycles. The highest BCUT2D eigenvalue weighted by Gasteiger charge is 2.34. The molecule has 128 valence electrons. The quantitative estimate of drug-likeness (QED) is 0.788. The first-order valence-corrected chi connectivity index (χ1v) is 8.94. The van der Waals surface area contributed by atoms with Gasteiger partial charge in [-0.25, -0.2) is 0 Å². The van der Waals surface area contributed by atoms with E-state index in [4.69, 9.17) is 9.47 Å². The lowest BCUT2D eigenvalue weighted by Crippen LogP contribution is -2.32. The second-order valence-corrected chi connectivity index (χ2v) is 7.63. The number of carbonyl (C=O) groups is 1. The Morgan fingerprint density at radius 1 is 1.21 bits per heavy atom. The van der Waals surface area contributed by atoms with Crippen molar-refractivity contribution in [2.75, 3.05) is 14.2 Å². The monoisotopic (exact) mass is 345 g/mol. The van der Waals surface area contributed by atoms with E-state index in [9.17, 15) is 4.79 Å². The molecule has 5 heteroatoms. The van der Waals surface area contributed by atoms with Crippen LogP contribution < -0.4 is 9.47 Å². The van der Waals surface area contributed by atoms with Crippen LogP contribution in [0.15, 0.2) is 24.3 Å². The molecule has 0 aliphatic heterocycles. The Bertz CT molecular complexity index is 749. The minimum atomic E-state index is 0.115. The molecule has 4 nitrogen and oxygen atoms in total. The van der Waals surface area contributed by atoms with Crippen LogP contribution in [0, 0.1) is 13.8 Å². The van der Waals surface area contributed by atoms with Gasteiger partial charge in [-0.15, -0.1) is 11.3 Å². The molecule has 1 aromatic heterocycles. The molecule has 0 radical (unpaired) electrons. The highest BCUT2D eigenvalue weighted by Crippen LogP contribution is 2.34. The van der Waals surface area contributed by atoms with Crippen molar-refractivity contribution in [2.24, 2.45) is 0 Å². The summed E-state index contributed by atoms with van der Waals surface area (Å²) in [6, 6.07) is 8.04. The highest BCUT2D eigenvalue weighted by atomic mass is 32.1. The molecule has 24 heavy (non-hydrogen) atoms. The number of aryl methyl sites for hydroxylation is 2. The summed E-state index contributed by atoms with van der Waals surface area (Å²) in [6.45, 7) is 4.60. The number of rotatable bonds is 6. The summed E-state index contributed by atoms with van der Waals surface area (Å²) in [6.07, 6.45) is 2.14. The van der Waals surface area contributed by atoms with Crippen molar-refractivity contribution in [3.8, 4) is 11.5 Å². The normalized spacial score (nSPS) is 13.7. The second kappa shape index (κ2) is 6.85. The van der Waals surface area contributed by atoms with Gasteiger partial charge in [0, 0.05) is 21.4 Å². The number of hydrogen-bond acceptors (Lipinski definition) is 4. The first-order chi connectivity index (χ1) is 11.5. The molecule has 0 unspecified atom stereocenters. The van der Waals surface area contributed by atoms with Crippen molar-refractivity contribution in [1.82, 2.24) is 4.90 Å². The minimum Gasteiger partial charge on any atom is -0.497 e. The summed E-state index contributed by atoms with van der Waals surface area (Å²) in [4.78, 5) is 17.3. The number of methoxy groups -OCH3 is 2. The van der Waals surface area contributed by atoms with Gasteiger partial charge in [0.25, 0.3) is 5.91 Å². The van der Waals surface area contributed by atoms with E-state index in [2.05, 4.69) is 0 Å². The maximum absolute atomic E-state index is 13.1. The first-order valence-electron chi connectivity index (χ1n) is 8.12. The average molecular weight is 345 g/mol. The number of benzene rings is 1. The van der Waals surface area contributed by atoms with Crippen LogP contribution in [0.3, 0.4) is 0 Å². The fourth-order valence-electron chi connectivity index (χ4n) is 2.94. The molecule has 0 spiro atoms. The fourth-order valence-corrected chi connectivity index (χ4v) is 3.86. The van der Waals surface area contributed by atoms with Gasteiger partial charge in [0.15, 0.2) is 0 Å². The van der Waals surface area contributed by atoms with Gasteiger partial charge in [-0.1, -0.05) is 0 Å². The number of ether oxygens (including phenoxy) is 2.